The first-order chi connectivity index (χ1) is 7.47. The van der Waals surface area contributed by atoms with Crippen LogP contribution >= 0.6 is 0 Å². The third-order valence-corrected chi connectivity index (χ3v) is 2.64. The monoisotopic (exact) mass is 224 g/mol. The summed E-state index contributed by atoms with van der Waals surface area (Å²) in [4.78, 5) is 11.8. The summed E-state index contributed by atoms with van der Waals surface area (Å²) in [5.41, 5.74) is 6.09. The summed E-state index contributed by atoms with van der Waals surface area (Å²) in [7, 11) is 1.84. The molecule has 0 aromatic carbocycles. The second-order valence-electron chi connectivity index (χ2n) is 4.30. The topological polar surface area (TPSA) is 72.9 Å². The van der Waals surface area contributed by atoms with Crippen LogP contribution in [0.1, 0.15) is 32.4 Å². The maximum absolute atomic E-state index is 11.8. The Hall–Kier alpha value is -1.36. The third-order valence-electron chi connectivity index (χ3n) is 2.64. The van der Waals surface area contributed by atoms with Crippen LogP contribution in [0.2, 0.25) is 0 Å². The quantitative estimate of drug-likeness (QED) is 0.767. The zero-order chi connectivity index (χ0) is 12.2. The van der Waals surface area contributed by atoms with Crippen molar-refractivity contribution in [1.82, 2.24) is 15.1 Å². The SMILES string of the molecule is CCCC(C)(N)C(=O)NCc1ccnn1C. The summed E-state index contributed by atoms with van der Waals surface area (Å²) >= 11 is 0. The van der Waals surface area contributed by atoms with E-state index in [0.29, 0.717) is 13.0 Å². The molecule has 0 radical (unpaired) electrons. The van der Waals surface area contributed by atoms with Gasteiger partial charge in [0.15, 0.2) is 0 Å². The van der Waals surface area contributed by atoms with Crippen LogP contribution < -0.4 is 11.1 Å². The van der Waals surface area contributed by atoms with Crippen LogP contribution in [0.3, 0.4) is 0 Å². The Morgan fingerprint density at radius 3 is 2.88 bits per heavy atom. The molecule has 0 saturated heterocycles. The lowest BCUT2D eigenvalue weighted by atomic mass is 9.96. The normalized spacial score (nSPS) is 14.5. The molecule has 1 atom stereocenters. The van der Waals surface area contributed by atoms with E-state index in [1.807, 2.05) is 20.0 Å². The van der Waals surface area contributed by atoms with E-state index in [-0.39, 0.29) is 5.91 Å². The van der Waals surface area contributed by atoms with Gasteiger partial charge in [-0.1, -0.05) is 13.3 Å². The minimum Gasteiger partial charge on any atom is -0.349 e. The molecule has 16 heavy (non-hydrogen) atoms. The Morgan fingerprint density at radius 2 is 2.38 bits per heavy atom. The van der Waals surface area contributed by atoms with Gasteiger partial charge in [0.1, 0.15) is 0 Å². The molecular formula is C11H20N4O. The molecule has 1 unspecified atom stereocenters. The second-order valence-corrected chi connectivity index (χ2v) is 4.30. The van der Waals surface area contributed by atoms with E-state index in [1.165, 1.54) is 0 Å². The maximum atomic E-state index is 11.8. The molecule has 0 fully saturated rings. The van der Waals surface area contributed by atoms with Gasteiger partial charge in [-0.25, -0.2) is 0 Å². The number of rotatable bonds is 5. The largest absolute Gasteiger partial charge is 0.349 e. The highest BCUT2D eigenvalue weighted by atomic mass is 16.2. The highest BCUT2D eigenvalue weighted by Crippen LogP contribution is 2.08. The molecule has 0 spiro atoms. The van der Waals surface area contributed by atoms with Gasteiger partial charge in [0.2, 0.25) is 5.91 Å². The van der Waals surface area contributed by atoms with Gasteiger partial charge < -0.3 is 11.1 Å². The van der Waals surface area contributed by atoms with E-state index in [1.54, 1.807) is 17.8 Å². The molecule has 1 heterocycles. The summed E-state index contributed by atoms with van der Waals surface area (Å²) in [6.07, 6.45) is 3.28. The van der Waals surface area contributed by atoms with Crippen LogP contribution in [0.15, 0.2) is 12.3 Å². The molecule has 0 aliphatic carbocycles. The van der Waals surface area contributed by atoms with Crippen molar-refractivity contribution < 1.29 is 4.79 Å². The summed E-state index contributed by atoms with van der Waals surface area (Å²) < 4.78 is 1.73. The number of nitrogens with zero attached hydrogens (tertiary/aromatic N) is 2. The average Bonchev–Trinajstić information content (AvgIpc) is 2.60. The van der Waals surface area contributed by atoms with Gasteiger partial charge in [-0.3, -0.25) is 9.48 Å². The molecule has 0 saturated carbocycles. The zero-order valence-electron chi connectivity index (χ0n) is 10.2. The van der Waals surface area contributed by atoms with Crippen LogP contribution in [0.25, 0.3) is 0 Å². The van der Waals surface area contributed by atoms with Gasteiger partial charge in [0, 0.05) is 13.2 Å². The van der Waals surface area contributed by atoms with E-state index in [2.05, 4.69) is 10.4 Å². The van der Waals surface area contributed by atoms with Crippen molar-refractivity contribution in [3.8, 4) is 0 Å². The van der Waals surface area contributed by atoms with Gasteiger partial charge in [0.25, 0.3) is 0 Å². The molecule has 0 aliphatic rings. The van der Waals surface area contributed by atoms with Crippen molar-refractivity contribution in [2.75, 3.05) is 0 Å². The number of carbonyl (C=O) groups excluding carboxylic acids is 1. The van der Waals surface area contributed by atoms with E-state index >= 15 is 0 Å². The summed E-state index contributed by atoms with van der Waals surface area (Å²) in [6, 6.07) is 1.87. The predicted molar refractivity (Wildman–Crippen MR) is 62.6 cm³/mol. The minimum absolute atomic E-state index is 0.115. The molecule has 1 aromatic heterocycles. The Balaban J connectivity index is 2.50. The number of nitrogens with one attached hydrogen (secondary N) is 1. The molecule has 90 valence electrons. The predicted octanol–water partition coefficient (Wildman–Crippen LogP) is 0.554. The Kier molecular flexibility index (Phi) is 4.06. The fourth-order valence-electron chi connectivity index (χ4n) is 1.58. The van der Waals surface area contributed by atoms with Crippen LogP contribution in [-0.4, -0.2) is 21.2 Å². The van der Waals surface area contributed by atoms with Crippen molar-refractivity contribution in [2.24, 2.45) is 12.8 Å². The van der Waals surface area contributed by atoms with E-state index < -0.39 is 5.54 Å². The second kappa shape index (κ2) is 5.12. The number of hydrogen-bond donors (Lipinski definition) is 2. The smallest absolute Gasteiger partial charge is 0.240 e. The van der Waals surface area contributed by atoms with Gasteiger partial charge in [-0.15, -0.1) is 0 Å². The molecule has 0 aliphatic heterocycles. The van der Waals surface area contributed by atoms with E-state index in [0.717, 1.165) is 12.1 Å². The molecule has 3 N–H and O–H groups in total. The number of carbonyl (C=O) groups is 1. The first kappa shape index (κ1) is 12.7. The van der Waals surface area contributed by atoms with Crippen molar-refractivity contribution in [1.29, 1.82) is 0 Å². The van der Waals surface area contributed by atoms with Crippen molar-refractivity contribution in [3.05, 3.63) is 18.0 Å². The Labute approximate surface area is 96.0 Å². The lowest BCUT2D eigenvalue weighted by Gasteiger charge is -2.22. The van der Waals surface area contributed by atoms with Crippen molar-refractivity contribution in [2.45, 2.75) is 38.8 Å². The van der Waals surface area contributed by atoms with Crippen LogP contribution in [0.4, 0.5) is 0 Å². The number of nitrogens with two attached hydrogens (primary N) is 1. The summed E-state index contributed by atoms with van der Waals surface area (Å²) in [6.45, 7) is 4.24. The van der Waals surface area contributed by atoms with Crippen LogP contribution in [0, 0.1) is 0 Å². The average molecular weight is 224 g/mol. The molecule has 1 aromatic rings. The first-order valence-electron chi connectivity index (χ1n) is 5.51. The maximum Gasteiger partial charge on any atom is 0.240 e. The van der Waals surface area contributed by atoms with E-state index in [4.69, 9.17) is 5.73 Å². The highest BCUT2D eigenvalue weighted by molar-refractivity contribution is 5.85. The van der Waals surface area contributed by atoms with Crippen molar-refractivity contribution in [3.63, 3.8) is 0 Å². The van der Waals surface area contributed by atoms with E-state index in [9.17, 15) is 4.79 Å². The molecule has 0 bridgehead atoms. The Morgan fingerprint density at radius 1 is 1.69 bits per heavy atom. The first-order valence-corrected chi connectivity index (χ1v) is 5.51. The molecule has 1 rings (SSSR count). The van der Waals surface area contributed by atoms with Gasteiger partial charge in [-0.05, 0) is 19.4 Å². The standard InChI is InChI=1S/C11H20N4O/c1-4-6-11(2,12)10(16)13-8-9-5-7-14-15(9)3/h5,7H,4,6,8,12H2,1-3H3,(H,13,16). The Bertz CT molecular complexity index is 357. The minimum atomic E-state index is -0.784. The third kappa shape index (κ3) is 3.06. The summed E-state index contributed by atoms with van der Waals surface area (Å²) in [5, 5.41) is 6.85. The van der Waals surface area contributed by atoms with Gasteiger partial charge >= 0.3 is 0 Å². The molecule has 5 nitrogen and oxygen atoms in total. The number of amides is 1. The van der Waals surface area contributed by atoms with Crippen molar-refractivity contribution >= 4 is 5.91 Å². The fraction of sp³-hybridized carbons (Fsp3) is 0.636. The lowest BCUT2D eigenvalue weighted by molar-refractivity contribution is -0.126. The molecule has 1 amide bonds. The fourth-order valence-corrected chi connectivity index (χ4v) is 1.58. The number of aromatic nitrogens is 2. The molecule has 5 heteroatoms. The van der Waals surface area contributed by atoms with Gasteiger partial charge in [-0.2, -0.15) is 5.10 Å². The van der Waals surface area contributed by atoms with Crippen LogP contribution in [-0.2, 0) is 18.4 Å². The van der Waals surface area contributed by atoms with Gasteiger partial charge in [0.05, 0.1) is 17.8 Å². The number of hydrogen-bond acceptors (Lipinski definition) is 3. The molecular weight excluding hydrogens is 204 g/mol. The highest BCUT2D eigenvalue weighted by Gasteiger charge is 2.26. The van der Waals surface area contributed by atoms with Crippen LogP contribution in [0.5, 0.6) is 0 Å². The number of aryl methyl sites for hydroxylation is 1. The lowest BCUT2D eigenvalue weighted by Crippen LogP contribution is -2.51. The summed E-state index contributed by atoms with van der Waals surface area (Å²) in [5.74, 6) is -0.115. The zero-order valence-corrected chi connectivity index (χ0v) is 10.2.